The van der Waals surface area contributed by atoms with E-state index in [-0.39, 0.29) is 17.2 Å². The molecule has 1 aromatic rings. The number of aromatic carboxylic acids is 1. The Balaban J connectivity index is 2.38. The number of hydrogen-bond acceptors (Lipinski definition) is 3. The fourth-order valence-electron chi connectivity index (χ4n) is 1.52. The second-order valence-electron chi connectivity index (χ2n) is 3.93. The van der Waals surface area contributed by atoms with Gasteiger partial charge in [-0.05, 0) is 37.5 Å². The maximum Gasteiger partial charge on any atom is 0.337 e. The maximum atomic E-state index is 10.9. The Bertz CT molecular complexity index is 393. The van der Waals surface area contributed by atoms with Gasteiger partial charge in [-0.3, -0.25) is 0 Å². The molecule has 1 rings (SSSR count). The van der Waals surface area contributed by atoms with Gasteiger partial charge in [-0.25, -0.2) is 4.79 Å². The second-order valence-corrected chi connectivity index (χ2v) is 4.34. The molecule has 0 unspecified atom stereocenters. The van der Waals surface area contributed by atoms with Crippen LogP contribution < -0.4 is 4.74 Å². The van der Waals surface area contributed by atoms with E-state index >= 15 is 0 Å². The van der Waals surface area contributed by atoms with Crippen LogP contribution in [0.25, 0.3) is 0 Å². The number of aliphatic hydroxyl groups excluding tert-OH is 1. The van der Waals surface area contributed by atoms with Crippen molar-refractivity contribution in [1.82, 2.24) is 0 Å². The fraction of sp³-hybridized carbons (Fsp3) is 0.462. The van der Waals surface area contributed by atoms with Crippen molar-refractivity contribution in [3.05, 3.63) is 28.8 Å². The minimum absolute atomic E-state index is 0.0504. The van der Waals surface area contributed by atoms with E-state index in [4.69, 9.17) is 26.6 Å². The van der Waals surface area contributed by atoms with Crippen molar-refractivity contribution >= 4 is 17.6 Å². The first-order valence-electron chi connectivity index (χ1n) is 5.91. The van der Waals surface area contributed by atoms with Crippen molar-refractivity contribution in [2.45, 2.75) is 25.7 Å². The summed E-state index contributed by atoms with van der Waals surface area (Å²) in [6.45, 7) is 0.756. The highest BCUT2D eigenvalue weighted by molar-refractivity contribution is 6.33. The van der Waals surface area contributed by atoms with Gasteiger partial charge in [0.15, 0.2) is 0 Å². The average molecular weight is 273 g/mol. The quantitative estimate of drug-likeness (QED) is 0.714. The summed E-state index contributed by atoms with van der Waals surface area (Å²) in [6, 6.07) is 4.60. The second kappa shape index (κ2) is 7.95. The zero-order chi connectivity index (χ0) is 13.4. The predicted octanol–water partition coefficient (Wildman–Crippen LogP) is 2.97. The van der Waals surface area contributed by atoms with Gasteiger partial charge in [0.2, 0.25) is 0 Å². The molecule has 18 heavy (non-hydrogen) atoms. The van der Waals surface area contributed by atoms with Crippen LogP contribution in [-0.2, 0) is 0 Å². The monoisotopic (exact) mass is 272 g/mol. The molecule has 5 heteroatoms. The molecule has 1 aromatic carbocycles. The molecule has 0 amide bonds. The molecule has 0 aliphatic rings. The first-order valence-corrected chi connectivity index (χ1v) is 6.29. The topological polar surface area (TPSA) is 66.8 Å². The highest BCUT2D eigenvalue weighted by Crippen LogP contribution is 2.22. The van der Waals surface area contributed by atoms with Gasteiger partial charge in [0.1, 0.15) is 5.75 Å². The molecule has 0 radical (unpaired) electrons. The summed E-state index contributed by atoms with van der Waals surface area (Å²) in [6.07, 6.45) is 3.65. The number of halogens is 1. The molecule has 100 valence electrons. The van der Waals surface area contributed by atoms with Crippen molar-refractivity contribution in [3.63, 3.8) is 0 Å². The first-order chi connectivity index (χ1) is 8.65. The lowest BCUT2D eigenvalue weighted by atomic mass is 10.2. The van der Waals surface area contributed by atoms with Gasteiger partial charge < -0.3 is 14.9 Å². The number of ether oxygens (including phenoxy) is 1. The molecule has 0 fully saturated rings. The van der Waals surface area contributed by atoms with Crippen molar-refractivity contribution in [3.8, 4) is 5.75 Å². The molecule has 4 nitrogen and oxygen atoms in total. The van der Waals surface area contributed by atoms with Crippen molar-refractivity contribution in [2.75, 3.05) is 13.2 Å². The number of carboxylic acid groups (broad SMARTS) is 1. The van der Waals surface area contributed by atoms with Gasteiger partial charge in [-0.1, -0.05) is 18.0 Å². The molecule has 0 aliphatic carbocycles. The standard InChI is InChI=1S/C13H17ClO4/c14-12-6-5-10(9-11(12)13(16)17)18-8-4-2-1-3-7-15/h5-6,9,15H,1-4,7-8H2,(H,16,17). The van der Waals surface area contributed by atoms with Crippen molar-refractivity contribution < 1.29 is 19.7 Å². The number of aliphatic hydroxyl groups is 1. The molecule has 0 saturated carbocycles. The normalized spacial score (nSPS) is 10.3. The molecule has 0 heterocycles. The van der Waals surface area contributed by atoms with Gasteiger partial charge in [-0.2, -0.15) is 0 Å². The van der Waals surface area contributed by atoms with E-state index in [1.165, 1.54) is 12.1 Å². The van der Waals surface area contributed by atoms with E-state index in [2.05, 4.69) is 0 Å². The summed E-state index contributed by atoms with van der Waals surface area (Å²) >= 11 is 5.75. The summed E-state index contributed by atoms with van der Waals surface area (Å²) < 4.78 is 5.45. The third kappa shape index (κ3) is 4.94. The summed E-state index contributed by atoms with van der Waals surface area (Å²) in [7, 11) is 0. The Hall–Kier alpha value is -1.26. The Kier molecular flexibility index (Phi) is 6.54. The van der Waals surface area contributed by atoms with Crippen LogP contribution in [0.4, 0.5) is 0 Å². The third-order valence-corrected chi connectivity index (χ3v) is 2.82. The lowest BCUT2D eigenvalue weighted by molar-refractivity contribution is 0.0696. The van der Waals surface area contributed by atoms with Crippen LogP contribution in [0.2, 0.25) is 5.02 Å². The molecule has 0 spiro atoms. The van der Waals surface area contributed by atoms with E-state index in [0.717, 1.165) is 25.7 Å². The molecule has 0 saturated heterocycles. The van der Waals surface area contributed by atoms with Crippen LogP contribution >= 0.6 is 11.6 Å². The van der Waals surface area contributed by atoms with E-state index < -0.39 is 5.97 Å². The van der Waals surface area contributed by atoms with Gasteiger partial charge in [-0.15, -0.1) is 0 Å². The van der Waals surface area contributed by atoms with Gasteiger partial charge in [0.05, 0.1) is 17.2 Å². The summed E-state index contributed by atoms with van der Waals surface area (Å²) in [5.41, 5.74) is 0.0504. The van der Waals surface area contributed by atoms with Crippen LogP contribution in [0.3, 0.4) is 0 Å². The van der Waals surface area contributed by atoms with Crippen LogP contribution in [-0.4, -0.2) is 29.4 Å². The minimum atomic E-state index is -1.06. The van der Waals surface area contributed by atoms with Crippen LogP contribution in [0.1, 0.15) is 36.0 Å². The lowest BCUT2D eigenvalue weighted by Crippen LogP contribution is -2.01. The summed E-state index contributed by atoms with van der Waals surface area (Å²) in [5.74, 6) is -0.549. The van der Waals surface area contributed by atoms with Crippen LogP contribution in [0, 0.1) is 0 Å². The smallest absolute Gasteiger partial charge is 0.337 e. The lowest BCUT2D eigenvalue weighted by Gasteiger charge is -2.07. The predicted molar refractivity (Wildman–Crippen MR) is 69.5 cm³/mol. The molecule has 2 N–H and O–H groups in total. The number of benzene rings is 1. The number of carbonyl (C=O) groups is 1. The highest BCUT2D eigenvalue weighted by Gasteiger charge is 2.09. The first kappa shape index (κ1) is 14.8. The van der Waals surface area contributed by atoms with E-state index in [1.54, 1.807) is 6.07 Å². The fourth-order valence-corrected chi connectivity index (χ4v) is 1.71. The largest absolute Gasteiger partial charge is 0.494 e. The van der Waals surface area contributed by atoms with Crippen molar-refractivity contribution in [1.29, 1.82) is 0 Å². The maximum absolute atomic E-state index is 10.9. The van der Waals surface area contributed by atoms with Crippen LogP contribution in [0.15, 0.2) is 18.2 Å². The van der Waals surface area contributed by atoms with Gasteiger partial charge >= 0.3 is 5.97 Å². The molecule has 0 atom stereocenters. The SMILES string of the molecule is O=C(O)c1cc(OCCCCCCO)ccc1Cl. The molecule has 0 aromatic heterocycles. The molecular weight excluding hydrogens is 256 g/mol. The molecule has 0 aliphatic heterocycles. The van der Waals surface area contributed by atoms with Gasteiger partial charge in [0.25, 0.3) is 0 Å². The zero-order valence-electron chi connectivity index (χ0n) is 10.1. The Morgan fingerprint density at radius 2 is 1.94 bits per heavy atom. The summed E-state index contributed by atoms with van der Waals surface area (Å²) in [4.78, 5) is 10.9. The van der Waals surface area contributed by atoms with E-state index in [0.29, 0.717) is 12.4 Å². The highest BCUT2D eigenvalue weighted by atomic mass is 35.5. The Labute approximate surface area is 111 Å². The number of rotatable bonds is 8. The third-order valence-electron chi connectivity index (χ3n) is 2.49. The molecule has 0 bridgehead atoms. The van der Waals surface area contributed by atoms with Crippen molar-refractivity contribution in [2.24, 2.45) is 0 Å². The van der Waals surface area contributed by atoms with E-state index in [1.807, 2.05) is 0 Å². The number of carboxylic acids is 1. The Morgan fingerprint density at radius 1 is 1.22 bits per heavy atom. The van der Waals surface area contributed by atoms with Gasteiger partial charge in [0, 0.05) is 6.61 Å². The minimum Gasteiger partial charge on any atom is -0.494 e. The van der Waals surface area contributed by atoms with Crippen LogP contribution in [0.5, 0.6) is 5.75 Å². The number of unbranched alkanes of at least 4 members (excludes halogenated alkanes) is 3. The number of hydrogen-bond donors (Lipinski definition) is 2. The zero-order valence-corrected chi connectivity index (χ0v) is 10.8. The van der Waals surface area contributed by atoms with E-state index in [9.17, 15) is 4.79 Å². The Morgan fingerprint density at radius 3 is 2.61 bits per heavy atom. The summed E-state index contributed by atoms with van der Waals surface area (Å²) in [5, 5.41) is 17.7. The average Bonchev–Trinajstić information content (AvgIpc) is 2.35. The molecular formula is C13H17ClO4.